The van der Waals surface area contributed by atoms with E-state index in [0.717, 1.165) is 0 Å². The molecule has 2 N–H and O–H groups in total. The topological polar surface area (TPSA) is 77.2 Å². The lowest BCUT2D eigenvalue weighted by molar-refractivity contribution is -0.131. The summed E-state index contributed by atoms with van der Waals surface area (Å²) < 4.78 is 73.5. The fraction of sp³-hybridized carbons (Fsp3) is 0.727. The molecule has 1 unspecified atom stereocenters. The molecule has 0 aliphatic carbocycles. The van der Waals surface area contributed by atoms with Gasteiger partial charge in [-0.2, -0.15) is 13.2 Å². The molecule has 0 aromatic heterocycles. The number of alkyl halides is 4. The number of unbranched alkanes of at least 4 members (excludes halogenated alkanes) is 2. The lowest BCUT2D eigenvalue weighted by atomic mass is 10.1. The van der Waals surface area contributed by atoms with Gasteiger partial charge in [0.05, 0.1) is 12.2 Å². The summed E-state index contributed by atoms with van der Waals surface area (Å²) in [6.45, 7) is 3.41. The highest BCUT2D eigenvalue weighted by Gasteiger charge is 2.50. The van der Waals surface area contributed by atoms with Crippen LogP contribution in [-0.2, 0) is 14.6 Å². The number of nitrogens with two attached hydrogens (primary N) is 1. The molecule has 1 atom stereocenters. The Kier molecular flexibility index (Phi) is 6.66. The summed E-state index contributed by atoms with van der Waals surface area (Å²) in [4.78, 5) is 11.0. The van der Waals surface area contributed by atoms with Crippen molar-refractivity contribution in [2.75, 3.05) is 5.75 Å². The van der Waals surface area contributed by atoms with Crippen LogP contribution in [0.5, 0.6) is 0 Å². The van der Waals surface area contributed by atoms with Gasteiger partial charge in [0, 0.05) is 6.42 Å². The first kappa shape index (κ1) is 18.9. The van der Waals surface area contributed by atoms with E-state index in [2.05, 4.69) is 6.58 Å². The average molecular weight is 319 g/mol. The second kappa shape index (κ2) is 7.05. The molecule has 20 heavy (non-hydrogen) atoms. The summed E-state index contributed by atoms with van der Waals surface area (Å²) in [6, 6.07) is 0. The number of carbonyl (C=O) groups excluding carboxylic acids is 1. The van der Waals surface area contributed by atoms with Gasteiger partial charge in [0.1, 0.15) is 0 Å². The number of allylic oxidation sites excluding steroid dienone is 1. The standard InChI is InChI=1S/C11H17F4NO3S/c1-2-3-4-5-6-10(12,9(16)17)20(18,19)8-7-11(13,14)15/h2H,1,3-8H2,(H2,16,17). The van der Waals surface area contributed by atoms with E-state index in [-0.39, 0.29) is 6.42 Å². The third-order valence-electron chi connectivity index (χ3n) is 2.67. The first-order valence-electron chi connectivity index (χ1n) is 5.85. The van der Waals surface area contributed by atoms with Crippen LogP contribution in [-0.4, -0.2) is 31.3 Å². The van der Waals surface area contributed by atoms with Crippen molar-refractivity contribution in [2.24, 2.45) is 5.73 Å². The molecule has 0 aromatic carbocycles. The zero-order valence-corrected chi connectivity index (χ0v) is 11.6. The van der Waals surface area contributed by atoms with Crippen LogP contribution in [0.1, 0.15) is 32.1 Å². The second-order valence-electron chi connectivity index (χ2n) is 4.31. The third kappa shape index (κ3) is 5.48. The van der Waals surface area contributed by atoms with E-state index >= 15 is 0 Å². The number of carbonyl (C=O) groups is 1. The zero-order chi connectivity index (χ0) is 16.0. The molecule has 0 bridgehead atoms. The Hall–Kier alpha value is -1.12. The Balaban J connectivity index is 4.95. The highest BCUT2D eigenvalue weighted by molar-refractivity contribution is 7.93. The SMILES string of the molecule is C=CCCCCC(F)(C(N)=O)S(=O)(=O)CCC(F)(F)F. The number of sulfone groups is 1. The van der Waals surface area contributed by atoms with Crippen LogP contribution < -0.4 is 5.73 Å². The summed E-state index contributed by atoms with van der Waals surface area (Å²) in [6.07, 6.45) is -4.89. The quantitative estimate of drug-likeness (QED) is 0.402. The average Bonchev–Trinajstić information content (AvgIpc) is 2.30. The van der Waals surface area contributed by atoms with Crippen LogP contribution in [0.25, 0.3) is 0 Å². The lowest BCUT2D eigenvalue weighted by Crippen LogP contribution is -2.48. The number of hydrogen-bond acceptors (Lipinski definition) is 3. The molecule has 0 aliphatic heterocycles. The Morgan fingerprint density at radius 3 is 2.10 bits per heavy atom. The fourth-order valence-electron chi connectivity index (χ4n) is 1.48. The van der Waals surface area contributed by atoms with Crippen molar-refractivity contribution < 1.29 is 30.8 Å². The summed E-state index contributed by atoms with van der Waals surface area (Å²) in [5.74, 6) is -3.28. The van der Waals surface area contributed by atoms with Crippen LogP contribution in [0.4, 0.5) is 17.6 Å². The monoisotopic (exact) mass is 319 g/mol. The molecule has 0 heterocycles. The minimum Gasteiger partial charge on any atom is -0.366 e. The molecule has 118 valence electrons. The molecule has 0 aromatic rings. The van der Waals surface area contributed by atoms with Crippen molar-refractivity contribution in [2.45, 2.75) is 43.3 Å². The van der Waals surface area contributed by atoms with Crippen molar-refractivity contribution in [3.63, 3.8) is 0 Å². The van der Waals surface area contributed by atoms with E-state index in [0.29, 0.717) is 12.8 Å². The van der Waals surface area contributed by atoms with Gasteiger partial charge in [-0.25, -0.2) is 12.8 Å². The van der Waals surface area contributed by atoms with Gasteiger partial charge in [-0.1, -0.05) is 6.08 Å². The molecule has 0 aliphatic rings. The lowest BCUT2D eigenvalue weighted by Gasteiger charge is -2.22. The number of primary amides is 1. The van der Waals surface area contributed by atoms with Gasteiger partial charge in [-0.3, -0.25) is 4.79 Å². The first-order valence-corrected chi connectivity index (χ1v) is 7.50. The maximum atomic E-state index is 14.2. The summed E-state index contributed by atoms with van der Waals surface area (Å²) in [5, 5.41) is -3.46. The summed E-state index contributed by atoms with van der Waals surface area (Å²) >= 11 is 0. The van der Waals surface area contributed by atoms with Crippen molar-refractivity contribution in [1.82, 2.24) is 0 Å². The summed E-state index contributed by atoms with van der Waals surface area (Å²) in [5.41, 5.74) is 4.72. The van der Waals surface area contributed by atoms with E-state index in [4.69, 9.17) is 5.73 Å². The molecule has 1 amide bonds. The molecule has 0 spiro atoms. The van der Waals surface area contributed by atoms with Gasteiger partial charge < -0.3 is 5.73 Å². The van der Waals surface area contributed by atoms with Crippen LogP contribution in [0.15, 0.2) is 12.7 Å². The van der Waals surface area contributed by atoms with E-state index in [1.807, 2.05) is 0 Å². The van der Waals surface area contributed by atoms with Crippen molar-refractivity contribution >= 4 is 15.7 Å². The van der Waals surface area contributed by atoms with Gasteiger partial charge in [-0.05, 0) is 19.3 Å². The van der Waals surface area contributed by atoms with E-state index in [1.54, 1.807) is 0 Å². The van der Waals surface area contributed by atoms with Crippen LogP contribution in [0.3, 0.4) is 0 Å². The number of halogens is 4. The minimum atomic E-state index is -4.93. The predicted octanol–water partition coefficient (Wildman–Crippen LogP) is 2.25. The Labute approximate surface area is 114 Å². The van der Waals surface area contributed by atoms with E-state index in [1.165, 1.54) is 6.08 Å². The predicted molar refractivity (Wildman–Crippen MR) is 66.2 cm³/mol. The van der Waals surface area contributed by atoms with Gasteiger partial charge >= 0.3 is 6.18 Å². The molecule has 0 radical (unpaired) electrons. The molecule has 0 fully saturated rings. The van der Waals surface area contributed by atoms with Crippen molar-refractivity contribution in [3.05, 3.63) is 12.7 Å². The van der Waals surface area contributed by atoms with Gasteiger partial charge in [0.25, 0.3) is 10.9 Å². The van der Waals surface area contributed by atoms with Gasteiger partial charge in [0.15, 0.2) is 9.84 Å². The van der Waals surface area contributed by atoms with E-state index in [9.17, 15) is 30.8 Å². The largest absolute Gasteiger partial charge is 0.390 e. The third-order valence-corrected chi connectivity index (χ3v) is 4.80. The van der Waals surface area contributed by atoms with Crippen LogP contribution in [0, 0.1) is 0 Å². The first-order chi connectivity index (χ1) is 8.96. The van der Waals surface area contributed by atoms with Gasteiger partial charge in [-0.15, -0.1) is 6.58 Å². The maximum Gasteiger partial charge on any atom is 0.390 e. The molecule has 0 rings (SSSR count). The normalized spacial score (nSPS) is 15.6. The van der Waals surface area contributed by atoms with Gasteiger partial charge in [0.2, 0.25) is 0 Å². The number of rotatable bonds is 9. The Morgan fingerprint density at radius 2 is 1.70 bits per heavy atom. The molecular weight excluding hydrogens is 302 g/mol. The van der Waals surface area contributed by atoms with Crippen LogP contribution >= 0.6 is 0 Å². The second-order valence-corrected chi connectivity index (χ2v) is 6.60. The highest BCUT2D eigenvalue weighted by atomic mass is 32.2. The molecule has 9 heteroatoms. The Bertz CT molecular complexity index is 447. The highest BCUT2D eigenvalue weighted by Crippen LogP contribution is 2.30. The molecule has 4 nitrogen and oxygen atoms in total. The smallest absolute Gasteiger partial charge is 0.366 e. The summed E-state index contributed by atoms with van der Waals surface area (Å²) in [7, 11) is -4.93. The number of hydrogen-bond donors (Lipinski definition) is 1. The van der Waals surface area contributed by atoms with Crippen LogP contribution in [0.2, 0.25) is 0 Å². The molecule has 0 saturated heterocycles. The zero-order valence-electron chi connectivity index (χ0n) is 10.7. The number of amides is 1. The fourth-order valence-corrected chi connectivity index (χ4v) is 3.07. The maximum absolute atomic E-state index is 14.2. The molecule has 0 saturated carbocycles. The minimum absolute atomic E-state index is 0.00327. The Morgan fingerprint density at radius 1 is 1.15 bits per heavy atom. The molecular formula is C11H17F4NO3S. The van der Waals surface area contributed by atoms with Crippen molar-refractivity contribution in [1.29, 1.82) is 0 Å². The van der Waals surface area contributed by atoms with Crippen molar-refractivity contribution in [3.8, 4) is 0 Å². The van der Waals surface area contributed by atoms with E-state index < -0.39 is 45.5 Å².